The summed E-state index contributed by atoms with van der Waals surface area (Å²) in [5, 5.41) is 7.59. The highest BCUT2D eigenvalue weighted by molar-refractivity contribution is 6.29. The Kier molecular flexibility index (Phi) is 4.53. The number of hydrogen-bond acceptors (Lipinski definition) is 5. The summed E-state index contributed by atoms with van der Waals surface area (Å²) in [6.45, 7) is 1.21. The molecule has 0 amide bonds. The van der Waals surface area contributed by atoms with Crippen LogP contribution in [0.3, 0.4) is 0 Å². The summed E-state index contributed by atoms with van der Waals surface area (Å²) >= 11 is 5.94. The van der Waals surface area contributed by atoms with E-state index in [1.54, 1.807) is 18.3 Å². The lowest BCUT2D eigenvalue weighted by Crippen LogP contribution is -2.17. The summed E-state index contributed by atoms with van der Waals surface area (Å²) in [7, 11) is 0. The molecule has 4 heterocycles. The molecule has 6 nitrogen and oxygen atoms in total. The topological polar surface area (TPSA) is 78.5 Å². The van der Waals surface area contributed by atoms with Crippen molar-refractivity contribution in [2.45, 2.75) is 6.42 Å². The van der Waals surface area contributed by atoms with Crippen LogP contribution < -0.4 is 10.6 Å². The molecule has 0 saturated heterocycles. The number of pyridine rings is 1. The minimum Gasteiger partial charge on any atom is -0.372 e. The van der Waals surface area contributed by atoms with Crippen molar-refractivity contribution in [3.8, 4) is 0 Å². The van der Waals surface area contributed by atoms with Crippen molar-refractivity contribution in [2.24, 2.45) is 0 Å². The van der Waals surface area contributed by atoms with E-state index in [-0.39, 0.29) is 0 Å². The summed E-state index contributed by atoms with van der Waals surface area (Å²) in [5.41, 5.74) is 3.22. The van der Waals surface area contributed by atoms with E-state index in [0.717, 1.165) is 22.2 Å². The third kappa shape index (κ3) is 3.52. The van der Waals surface area contributed by atoms with Gasteiger partial charge in [-0.05, 0) is 23.3 Å². The molecule has 132 valence electrons. The number of nitrogens with one attached hydrogen (secondary N) is 3. The lowest BCUT2D eigenvalue weighted by Gasteiger charge is -2.13. The average molecular weight is 371 g/mol. The Morgan fingerprint density at radius 1 is 1.27 bits per heavy atom. The first-order valence-corrected chi connectivity index (χ1v) is 8.52. The molecule has 3 N–H and O–H groups in total. The zero-order chi connectivity index (χ0) is 17.9. The van der Waals surface area contributed by atoms with E-state index >= 15 is 0 Å². The Bertz CT molecular complexity index is 1010. The molecule has 0 unspecified atom stereocenters. The number of anilines is 1. The van der Waals surface area contributed by atoms with Crippen LogP contribution >= 0.6 is 11.6 Å². The van der Waals surface area contributed by atoms with Gasteiger partial charge >= 0.3 is 0 Å². The molecular formula is C18H16ClFN6. The van der Waals surface area contributed by atoms with Gasteiger partial charge in [0.1, 0.15) is 22.9 Å². The van der Waals surface area contributed by atoms with Crippen molar-refractivity contribution in [1.29, 1.82) is 0 Å². The molecular weight excluding hydrogens is 355 g/mol. The highest BCUT2D eigenvalue weighted by Gasteiger charge is 2.11. The summed E-state index contributed by atoms with van der Waals surface area (Å²) in [6.07, 6.45) is 9.29. The minimum atomic E-state index is -0.492. The van der Waals surface area contributed by atoms with E-state index in [2.05, 4.69) is 30.6 Å². The van der Waals surface area contributed by atoms with Crippen LogP contribution in [0.25, 0.3) is 11.0 Å². The minimum absolute atomic E-state index is 0.418. The highest BCUT2D eigenvalue weighted by atomic mass is 35.5. The molecule has 0 spiro atoms. The van der Waals surface area contributed by atoms with Gasteiger partial charge in [0.25, 0.3) is 0 Å². The van der Waals surface area contributed by atoms with E-state index < -0.39 is 5.95 Å². The summed E-state index contributed by atoms with van der Waals surface area (Å²) in [4.78, 5) is 15.3. The molecule has 3 aromatic heterocycles. The number of fused-ring (bicyclic) bond motifs is 1. The van der Waals surface area contributed by atoms with E-state index in [1.807, 2.05) is 18.3 Å². The van der Waals surface area contributed by atoms with Crippen molar-refractivity contribution in [1.82, 2.24) is 25.3 Å². The number of hydrogen-bond donors (Lipinski definition) is 3. The zero-order valence-electron chi connectivity index (χ0n) is 13.8. The molecule has 1 aliphatic heterocycles. The Morgan fingerprint density at radius 2 is 2.19 bits per heavy atom. The van der Waals surface area contributed by atoms with Crippen LogP contribution in [0.15, 0.2) is 53.7 Å². The van der Waals surface area contributed by atoms with Crippen molar-refractivity contribution in [3.05, 3.63) is 70.8 Å². The van der Waals surface area contributed by atoms with Gasteiger partial charge in [0.2, 0.25) is 5.95 Å². The molecule has 26 heavy (non-hydrogen) atoms. The third-order valence-electron chi connectivity index (χ3n) is 4.17. The van der Waals surface area contributed by atoms with Gasteiger partial charge in [0, 0.05) is 42.9 Å². The van der Waals surface area contributed by atoms with Gasteiger partial charge in [-0.3, -0.25) is 0 Å². The van der Waals surface area contributed by atoms with E-state index in [0.29, 0.717) is 36.0 Å². The lowest BCUT2D eigenvalue weighted by molar-refractivity contribution is 0.572. The Labute approximate surface area is 154 Å². The molecule has 8 heteroatoms. The fraction of sp³-hybridized carbons (Fsp3) is 0.167. The quantitative estimate of drug-likeness (QED) is 0.475. The number of rotatable bonds is 5. The van der Waals surface area contributed by atoms with Gasteiger partial charge in [-0.1, -0.05) is 23.7 Å². The van der Waals surface area contributed by atoms with Crippen molar-refractivity contribution < 1.29 is 4.39 Å². The number of dihydropyridines is 1. The van der Waals surface area contributed by atoms with Crippen molar-refractivity contribution in [3.63, 3.8) is 0 Å². The van der Waals surface area contributed by atoms with Gasteiger partial charge in [-0.15, -0.1) is 0 Å². The molecule has 0 aliphatic carbocycles. The normalized spacial score (nSPS) is 13.9. The van der Waals surface area contributed by atoms with Crippen LogP contribution in [0.2, 0.25) is 0 Å². The fourth-order valence-corrected chi connectivity index (χ4v) is 3.04. The van der Waals surface area contributed by atoms with Crippen LogP contribution in [0, 0.1) is 5.95 Å². The summed E-state index contributed by atoms with van der Waals surface area (Å²) in [6, 6.07) is 3.52. The predicted molar refractivity (Wildman–Crippen MR) is 99.4 cm³/mol. The maximum absolute atomic E-state index is 14.4. The van der Waals surface area contributed by atoms with Crippen LogP contribution in [0.4, 0.5) is 10.2 Å². The number of aromatic nitrogens is 4. The Hall–Kier alpha value is -2.93. The van der Waals surface area contributed by atoms with Crippen LogP contribution in [-0.4, -0.2) is 33.0 Å². The Morgan fingerprint density at radius 3 is 3.04 bits per heavy atom. The number of halogens is 2. The monoisotopic (exact) mass is 370 g/mol. The van der Waals surface area contributed by atoms with Gasteiger partial charge in [-0.25, -0.2) is 15.0 Å². The molecule has 0 fully saturated rings. The third-order valence-corrected chi connectivity index (χ3v) is 4.41. The largest absolute Gasteiger partial charge is 0.372 e. The molecule has 3 aromatic rings. The zero-order valence-corrected chi connectivity index (χ0v) is 14.5. The lowest BCUT2D eigenvalue weighted by atomic mass is 10.1. The van der Waals surface area contributed by atoms with E-state index in [1.165, 1.54) is 6.33 Å². The molecule has 0 radical (unpaired) electrons. The van der Waals surface area contributed by atoms with Gasteiger partial charge in [0.05, 0.1) is 0 Å². The first-order chi connectivity index (χ1) is 12.7. The standard InChI is InChI=1S/C18H16ClFN6/c19-15-5-11(3-4-22-15)7-23-16-2-1-12(17(20)26-16)6-13-8-24-18-14(13)9-21-10-25-18/h1-3,5,8-10,22H,4,6-7H2,(H,23,26)(H,21,24,25). The Balaban J connectivity index is 1.47. The number of nitrogens with zero attached hydrogens (tertiary/aromatic N) is 3. The van der Waals surface area contributed by atoms with Crippen molar-refractivity contribution in [2.75, 3.05) is 18.4 Å². The first-order valence-electron chi connectivity index (χ1n) is 8.14. The van der Waals surface area contributed by atoms with E-state index in [9.17, 15) is 4.39 Å². The molecule has 0 bridgehead atoms. The average Bonchev–Trinajstić information content (AvgIpc) is 3.05. The molecule has 0 saturated carbocycles. The second-order valence-corrected chi connectivity index (χ2v) is 6.34. The van der Waals surface area contributed by atoms with Crippen LogP contribution in [0.1, 0.15) is 11.1 Å². The predicted octanol–water partition coefficient (Wildman–Crippen LogP) is 3.10. The molecule has 0 aromatic carbocycles. The van der Waals surface area contributed by atoms with E-state index in [4.69, 9.17) is 11.6 Å². The summed E-state index contributed by atoms with van der Waals surface area (Å²) < 4.78 is 14.4. The number of H-pyrrole nitrogens is 1. The smallest absolute Gasteiger partial charge is 0.218 e. The SMILES string of the molecule is Fc1nc(NCC2=CCNC(Cl)=C2)ccc1Cc1c[nH]c2ncncc12. The van der Waals surface area contributed by atoms with Crippen molar-refractivity contribution >= 4 is 28.5 Å². The fourth-order valence-electron chi connectivity index (χ4n) is 2.83. The molecule has 4 rings (SSSR count). The maximum Gasteiger partial charge on any atom is 0.218 e. The second-order valence-electron chi connectivity index (χ2n) is 5.93. The van der Waals surface area contributed by atoms with Gasteiger partial charge in [0.15, 0.2) is 0 Å². The first kappa shape index (κ1) is 16.5. The number of aromatic amines is 1. The molecule has 1 aliphatic rings. The van der Waals surface area contributed by atoms with Crippen LogP contribution in [-0.2, 0) is 6.42 Å². The van der Waals surface area contributed by atoms with Gasteiger partial charge in [-0.2, -0.15) is 4.39 Å². The van der Waals surface area contributed by atoms with Gasteiger partial charge < -0.3 is 15.6 Å². The summed E-state index contributed by atoms with van der Waals surface area (Å²) in [5.74, 6) is -0.00784. The molecule has 0 atom stereocenters. The maximum atomic E-state index is 14.4. The second kappa shape index (κ2) is 7.13. The van der Waals surface area contributed by atoms with Crippen LogP contribution in [0.5, 0.6) is 0 Å². The highest BCUT2D eigenvalue weighted by Crippen LogP contribution is 2.20.